The second kappa shape index (κ2) is 8.49. The van der Waals surface area contributed by atoms with Crippen LogP contribution in [0, 0.1) is 0 Å². The Morgan fingerprint density at radius 3 is 2.62 bits per heavy atom. The fourth-order valence-corrected chi connectivity index (χ4v) is 3.69. The Bertz CT molecular complexity index is 976. The zero-order valence-electron chi connectivity index (χ0n) is 16.6. The van der Waals surface area contributed by atoms with Crippen molar-refractivity contribution in [2.45, 2.75) is 25.4 Å². The fraction of sp³-hybridized carbons (Fsp3) is 0.304. The Morgan fingerprint density at radius 2 is 1.90 bits per heavy atom. The molecule has 3 aromatic rings. The molecule has 0 unspecified atom stereocenters. The number of amides is 1. The van der Waals surface area contributed by atoms with Crippen molar-refractivity contribution in [2.24, 2.45) is 5.73 Å². The molecular weight excluding hydrogens is 364 g/mol. The predicted molar refractivity (Wildman–Crippen MR) is 113 cm³/mol. The maximum Gasteiger partial charge on any atom is 0.257 e. The minimum absolute atomic E-state index is 0.00836. The number of hydrogen-bond acceptors (Lipinski definition) is 4. The van der Waals surface area contributed by atoms with Gasteiger partial charge in [-0.15, -0.1) is 0 Å². The SMILES string of the molecule is COc1cccc(-c2nn(Cc3ccccc3)cc2C(=O)N2CCC(N)CC2)c1. The highest BCUT2D eigenvalue weighted by Gasteiger charge is 2.26. The molecule has 2 N–H and O–H groups in total. The highest BCUT2D eigenvalue weighted by Crippen LogP contribution is 2.27. The summed E-state index contributed by atoms with van der Waals surface area (Å²) in [4.78, 5) is 15.2. The highest BCUT2D eigenvalue weighted by molar-refractivity contribution is 6.00. The summed E-state index contributed by atoms with van der Waals surface area (Å²) < 4.78 is 7.20. The van der Waals surface area contributed by atoms with Gasteiger partial charge in [-0.3, -0.25) is 9.48 Å². The first-order chi connectivity index (χ1) is 14.1. The van der Waals surface area contributed by atoms with E-state index >= 15 is 0 Å². The highest BCUT2D eigenvalue weighted by atomic mass is 16.5. The molecule has 0 spiro atoms. The molecule has 1 aliphatic heterocycles. The monoisotopic (exact) mass is 390 g/mol. The van der Waals surface area contributed by atoms with E-state index in [1.165, 1.54) is 0 Å². The topological polar surface area (TPSA) is 73.4 Å². The normalized spacial score (nSPS) is 14.8. The Hall–Kier alpha value is -3.12. The first-order valence-electron chi connectivity index (χ1n) is 9.94. The van der Waals surface area contributed by atoms with Gasteiger partial charge in [-0.1, -0.05) is 42.5 Å². The Balaban J connectivity index is 1.70. The van der Waals surface area contributed by atoms with Gasteiger partial charge in [-0.2, -0.15) is 5.10 Å². The van der Waals surface area contributed by atoms with E-state index in [1.807, 2.05) is 58.2 Å². The number of nitrogens with zero attached hydrogens (tertiary/aromatic N) is 3. The summed E-state index contributed by atoms with van der Waals surface area (Å²) in [5, 5.41) is 4.77. The molecule has 6 nitrogen and oxygen atoms in total. The first kappa shape index (κ1) is 19.2. The number of hydrogen-bond donors (Lipinski definition) is 1. The molecule has 2 heterocycles. The van der Waals surface area contributed by atoms with Crippen LogP contribution in [0.1, 0.15) is 28.8 Å². The summed E-state index contributed by atoms with van der Waals surface area (Å²) >= 11 is 0. The maximum atomic E-state index is 13.3. The summed E-state index contributed by atoms with van der Waals surface area (Å²) in [6.07, 6.45) is 3.52. The van der Waals surface area contributed by atoms with Crippen molar-refractivity contribution in [3.63, 3.8) is 0 Å². The van der Waals surface area contributed by atoms with E-state index in [2.05, 4.69) is 12.1 Å². The van der Waals surface area contributed by atoms with Gasteiger partial charge in [0.05, 0.1) is 19.2 Å². The zero-order valence-corrected chi connectivity index (χ0v) is 16.6. The molecule has 4 rings (SSSR count). The zero-order chi connectivity index (χ0) is 20.2. The molecule has 1 aliphatic rings. The lowest BCUT2D eigenvalue weighted by molar-refractivity contribution is 0.0715. The van der Waals surface area contributed by atoms with Crippen LogP contribution < -0.4 is 10.5 Å². The van der Waals surface area contributed by atoms with Crippen LogP contribution in [0.5, 0.6) is 5.75 Å². The van der Waals surface area contributed by atoms with E-state index in [0.717, 1.165) is 29.7 Å². The van der Waals surface area contributed by atoms with Crippen LogP contribution in [0.4, 0.5) is 0 Å². The number of aromatic nitrogens is 2. The van der Waals surface area contributed by atoms with Crippen LogP contribution in [0.15, 0.2) is 60.8 Å². The van der Waals surface area contributed by atoms with Crippen LogP contribution in [-0.2, 0) is 6.54 Å². The van der Waals surface area contributed by atoms with E-state index in [0.29, 0.717) is 30.9 Å². The molecule has 0 radical (unpaired) electrons. The van der Waals surface area contributed by atoms with E-state index in [1.54, 1.807) is 7.11 Å². The third kappa shape index (κ3) is 4.32. The van der Waals surface area contributed by atoms with E-state index in [-0.39, 0.29) is 11.9 Å². The number of rotatable bonds is 5. The quantitative estimate of drug-likeness (QED) is 0.726. The molecule has 0 aliphatic carbocycles. The number of piperidine rings is 1. The van der Waals surface area contributed by atoms with E-state index < -0.39 is 0 Å². The largest absolute Gasteiger partial charge is 0.497 e. The number of carbonyl (C=O) groups is 1. The molecule has 1 saturated heterocycles. The van der Waals surface area contributed by atoms with Crippen molar-refractivity contribution < 1.29 is 9.53 Å². The lowest BCUT2D eigenvalue weighted by Gasteiger charge is -2.30. The van der Waals surface area contributed by atoms with Gasteiger partial charge in [-0.25, -0.2) is 0 Å². The Labute approximate surface area is 170 Å². The standard InChI is InChI=1S/C23H26N4O2/c1-29-20-9-5-8-18(14-20)22-21(23(28)26-12-10-19(24)11-13-26)16-27(25-22)15-17-6-3-2-4-7-17/h2-9,14,16,19H,10-13,15,24H2,1H3. The van der Waals surface area contributed by atoms with Crippen LogP contribution in [0.25, 0.3) is 11.3 Å². The molecule has 0 atom stereocenters. The third-order valence-corrected chi connectivity index (χ3v) is 5.35. The Kier molecular flexibility index (Phi) is 5.62. The first-order valence-corrected chi connectivity index (χ1v) is 9.94. The maximum absolute atomic E-state index is 13.3. The van der Waals surface area contributed by atoms with Crippen molar-refractivity contribution in [3.05, 3.63) is 71.9 Å². The third-order valence-electron chi connectivity index (χ3n) is 5.35. The lowest BCUT2D eigenvalue weighted by atomic mass is 10.0. The number of nitrogens with two attached hydrogens (primary N) is 1. The number of likely N-dealkylation sites (tertiary alicyclic amines) is 1. The average molecular weight is 390 g/mol. The Morgan fingerprint density at radius 1 is 1.14 bits per heavy atom. The smallest absolute Gasteiger partial charge is 0.257 e. The average Bonchev–Trinajstić information content (AvgIpc) is 3.18. The second-order valence-electron chi connectivity index (χ2n) is 7.44. The van der Waals surface area contributed by atoms with Crippen LogP contribution in [0.3, 0.4) is 0 Å². The van der Waals surface area contributed by atoms with Crippen LogP contribution in [-0.4, -0.2) is 46.8 Å². The lowest BCUT2D eigenvalue weighted by Crippen LogP contribution is -2.42. The number of carbonyl (C=O) groups excluding carboxylic acids is 1. The minimum Gasteiger partial charge on any atom is -0.497 e. The van der Waals surface area contributed by atoms with Crippen LogP contribution in [0.2, 0.25) is 0 Å². The number of ether oxygens (including phenoxy) is 1. The van der Waals surface area contributed by atoms with E-state index in [4.69, 9.17) is 15.6 Å². The molecule has 1 fully saturated rings. The summed E-state index contributed by atoms with van der Waals surface area (Å²) in [5.74, 6) is 0.747. The molecule has 1 amide bonds. The van der Waals surface area contributed by atoms with Crippen molar-refractivity contribution in [1.29, 1.82) is 0 Å². The molecule has 1 aromatic heterocycles. The summed E-state index contributed by atoms with van der Waals surface area (Å²) in [6, 6.07) is 18.0. The molecule has 0 bridgehead atoms. The summed E-state index contributed by atoms with van der Waals surface area (Å²) in [7, 11) is 1.64. The van der Waals surface area contributed by atoms with Gasteiger partial charge in [0, 0.05) is 30.9 Å². The van der Waals surface area contributed by atoms with Gasteiger partial charge in [0.2, 0.25) is 0 Å². The predicted octanol–water partition coefficient (Wildman–Crippen LogP) is 3.17. The summed E-state index contributed by atoms with van der Waals surface area (Å²) in [5.41, 5.74) is 9.31. The van der Waals surface area contributed by atoms with Crippen molar-refractivity contribution in [3.8, 4) is 17.0 Å². The van der Waals surface area contributed by atoms with Gasteiger partial charge in [0.15, 0.2) is 0 Å². The molecule has 6 heteroatoms. The van der Waals surface area contributed by atoms with Gasteiger partial charge >= 0.3 is 0 Å². The van der Waals surface area contributed by atoms with Gasteiger partial charge in [-0.05, 0) is 30.5 Å². The van der Waals surface area contributed by atoms with Crippen molar-refractivity contribution >= 4 is 5.91 Å². The molecule has 2 aromatic carbocycles. The van der Waals surface area contributed by atoms with E-state index in [9.17, 15) is 4.79 Å². The fourth-order valence-electron chi connectivity index (χ4n) is 3.69. The molecular formula is C23H26N4O2. The molecule has 150 valence electrons. The summed E-state index contributed by atoms with van der Waals surface area (Å²) in [6.45, 7) is 1.97. The van der Waals surface area contributed by atoms with Crippen molar-refractivity contribution in [1.82, 2.24) is 14.7 Å². The number of benzene rings is 2. The van der Waals surface area contributed by atoms with Gasteiger partial charge in [0.25, 0.3) is 5.91 Å². The van der Waals surface area contributed by atoms with Gasteiger partial charge < -0.3 is 15.4 Å². The van der Waals surface area contributed by atoms with Crippen LogP contribution >= 0.6 is 0 Å². The molecule has 29 heavy (non-hydrogen) atoms. The minimum atomic E-state index is 0.00836. The second-order valence-corrected chi connectivity index (χ2v) is 7.44. The van der Waals surface area contributed by atoms with Crippen molar-refractivity contribution in [2.75, 3.05) is 20.2 Å². The van der Waals surface area contributed by atoms with Gasteiger partial charge in [0.1, 0.15) is 11.4 Å². The number of methoxy groups -OCH3 is 1. The molecule has 0 saturated carbocycles.